The first kappa shape index (κ1) is 64.4. The Morgan fingerprint density at radius 3 is 0.368 bits per heavy atom. The molecule has 3 aromatic rings. The van der Waals surface area contributed by atoms with Gasteiger partial charge in [0.25, 0.3) is 0 Å². The van der Waals surface area contributed by atoms with E-state index in [4.69, 9.17) is 0 Å². The molecule has 0 spiro atoms. The van der Waals surface area contributed by atoms with Gasteiger partial charge < -0.3 is 0 Å². The van der Waals surface area contributed by atoms with E-state index in [9.17, 15) is 0 Å². The Hall–Kier alpha value is -3.64. The van der Waals surface area contributed by atoms with Gasteiger partial charge in [-0.1, -0.05) is 214 Å². The van der Waals surface area contributed by atoms with Gasteiger partial charge in [0.05, 0.1) is 0 Å². The van der Waals surface area contributed by atoms with E-state index < -0.39 is 0 Å². The van der Waals surface area contributed by atoms with Crippen molar-refractivity contribution in [3.05, 3.63) is 184 Å². The number of benzene rings is 3. The highest BCUT2D eigenvalue weighted by molar-refractivity contribution is 5.76. The highest BCUT2D eigenvalue weighted by Gasteiger charge is 1.59. The van der Waals surface area contributed by atoms with Crippen molar-refractivity contribution in [2.45, 2.75) is 29.7 Å². The summed E-state index contributed by atoms with van der Waals surface area (Å²) in [6.07, 6.45) is 14.1. The van der Waals surface area contributed by atoms with Crippen LogP contribution in [0.3, 0.4) is 0 Å². The Morgan fingerprint density at radius 1 is 0.237 bits per heavy atom. The van der Waals surface area contributed by atoms with Crippen LogP contribution in [0, 0.1) is 0 Å². The molecule has 4 heteroatoms. The third kappa shape index (κ3) is 76.8. The summed E-state index contributed by atoms with van der Waals surface area (Å²) < 4.78 is 0. The van der Waals surface area contributed by atoms with Crippen molar-refractivity contribution in [2.75, 3.05) is 0 Å². The molecule has 0 unspecified atom stereocenters. The molecule has 0 atom stereocenters. The summed E-state index contributed by atoms with van der Waals surface area (Å²) in [7, 11) is 0. The van der Waals surface area contributed by atoms with E-state index in [2.05, 4.69) is 26.3 Å². The van der Waals surface area contributed by atoms with Crippen molar-refractivity contribution in [3.63, 3.8) is 0 Å². The molecule has 0 aliphatic carbocycles. The summed E-state index contributed by atoms with van der Waals surface area (Å²) in [6, 6.07) is 36.0. The number of rotatable bonds is 4. The zero-order valence-electron chi connectivity index (χ0n) is 20.1. The highest BCUT2D eigenvalue weighted by atomic mass is 13.7. The molecule has 0 heterocycles. The molecule has 0 aliphatic rings. The standard InChI is InChI=1S/3C6H6.2C6H8.4CH4.4B/c3*1-2-4-6-5-3-1;2*1-3-5-6-4-2;;;;;;;;/h3*1-6H;2*3-6H,1-2H2;4*1H4;;;;/b;;;2*6-5-;;;;;;;;. The summed E-state index contributed by atoms with van der Waals surface area (Å²) in [5.74, 6) is 0. The Balaban J connectivity index is -0.0000000306. The first-order chi connectivity index (χ1) is 14.8. The second kappa shape index (κ2) is 69.9. The van der Waals surface area contributed by atoms with Crippen LogP contribution in [0.2, 0.25) is 0 Å². The fourth-order valence-corrected chi connectivity index (χ4v) is 1.47. The van der Waals surface area contributed by atoms with Gasteiger partial charge in [0.1, 0.15) is 0 Å². The van der Waals surface area contributed by atoms with E-state index in [-0.39, 0.29) is 63.4 Å². The maximum Gasteiger partial charge on any atom is 0 e. The Labute approximate surface area is 247 Å². The average Bonchev–Trinajstić information content (AvgIpc) is 2.86. The molecule has 3 aromatic carbocycles. The van der Waals surface area contributed by atoms with Gasteiger partial charge in [-0.05, 0) is 0 Å². The summed E-state index contributed by atoms with van der Waals surface area (Å²) >= 11 is 0. The van der Waals surface area contributed by atoms with E-state index in [1.165, 1.54) is 0 Å². The zero-order valence-corrected chi connectivity index (χ0v) is 20.1. The number of allylic oxidation sites excluding steroid dienone is 8. The van der Waals surface area contributed by atoms with E-state index >= 15 is 0 Å². The Kier molecular flexibility index (Phi) is 118. The summed E-state index contributed by atoms with van der Waals surface area (Å²) in [4.78, 5) is 0. The van der Waals surface area contributed by atoms with Crippen molar-refractivity contribution in [1.29, 1.82) is 0 Å². The molecule has 198 valence electrons. The fraction of sp³-hybridized carbons (Fsp3) is 0.118. The maximum atomic E-state index is 3.46. The number of hydrogen-bond donors (Lipinski definition) is 0. The lowest BCUT2D eigenvalue weighted by Gasteiger charge is -1.69. The minimum atomic E-state index is 0. The molecule has 3 rings (SSSR count). The minimum absolute atomic E-state index is 0. The van der Waals surface area contributed by atoms with E-state index in [1.807, 2.05) is 133 Å². The van der Waals surface area contributed by atoms with Crippen LogP contribution in [0.1, 0.15) is 29.7 Å². The van der Waals surface area contributed by atoms with Crippen LogP contribution >= 0.6 is 0 Å². The first-order valence-electron chi connectivity index (χ1n) is 9.63. The van der Waals surface area contributed by atoms with Gasteiger partial charge in [-0.15, -0.1) is 0 Å². The van der Waals surface area contributed by atoms with Crippen molar-refractivity contribution in [3.8, 4) is 0 Å². The van der Waals surface area contributed by atoms with Crippen LogP contribution < -0.4 is 0 Å². The van der Waals surface area contributed by atoms with Crippen LogP contribution in [-0.2, 0) is 0 Å². The normalized spacial score (nSPS) is 6.53. The minimum Gasteiger partial charge on any atom is -0.0991 e. The van der Waals surface area contributed by atoms with Crippen molar-refractivity contribution < 1.29 is 0 Å². The van der Waals surface area contributed by atoms with E-state index in [0.29, 0.717) is 0 Å². The Morgan fingerprint density at radius 2 is 0.316 bits per heavy atom. The molecular formula is C34H50B4. The lowest BCUT2D eigenvalue weighted by Crippen LogP contribution is -1.47. The van der Waals surface area contributed by atoms with Crippen molar-refractivity contribution >= 4 is 33.7 Å². The average molecular weight is 502 g/mol. The smallest absolute Gasteiger partial charge is 0 e. The largest absolute Gasteiger partial charge is 0.0991 e. The summed E-state index contributed by atoms with van der Waals surface area (Å²) in [5, 5.41) is 0. The quantitative estimate of drug-likeness (QED) is 0.246. The molecular weight excluding hydrogens is 452 g/mol. The molecule has 38 heavy (non-hydrogen) atoms. The van der Waals surface area contributed by atoms with Crippen LogP contribution in [0.5, 0.6) is 0 Å². The molecule has 0 aromatic heterocycles. The number of hydrogen-bond acceptors (Lipinski definition) is 0. The van der Waals surface area contributed by atoms with Gasteiger partial charge in [-0.2, -0.15) is 0 Å². The third-order valence-corrected chi connectivity index (χ3v) is 2.77. The Bertz CT molecular complexity index is 572. The molecule has 0 N–H and O–H groups in total. The third-order valence-electron chi connectivity index (χ3n) is 2.77. The second-order valence-electron chi connectivity index (χ2n) is 5.18. The molecule has 0 saturated carbocycles. The maximum absolute atomic E-state index is 3.46. The predicted octanol–water partition coefficient (Wildman–Crippen LogP) is 9.91. The van der Waals surface area contributed by atoms with Crippen LogP contribution in [0.25, 0.3) is 0 Å². The molecule has 0 amide bonds. The lowest BCUT2D eigenvalue weighted by atomic mass is 10.4. The van der Waals surface area contributed by atoms with Crippen LogP contribution in [0.15, 0.2) is 184 Å². The highest BCUT2D eigenvalue weighted by Crippen LogP contribution is 1.81. The van der Waals surface area contributed by atoms with Gasteiger partial charge in [0.15, 0.2) is 0 Å². The van der Waals surface area contributed by atoms with Crippen LogP contribution in [0.4, 0.5) is 0 Å². The van der Waals surface area contributed by atoms with Gasteiger partial charge in [-0.25, -0.2) is 0 Å². The molecule has 0 saturated heterocycles. The van der Waals surface area contributed by atoms with E-state index in [0.717, 1.165) is 0 Å². The van der Waals surface area contributed by atoms with Gasteiger partial charge in [-0.3, -0.25) is 0 Å². The first-order valence-corrected chi connectivity index (χ1v) is 9.63. The zero-order chi connectivity index (χ0) is 22.4. The predicted molar refractivity (Wildman–Crippen MR) is 188 cm³/mol. The molecule has 0 aliphatic heterocycles. The monoisotopic (exact) mass is 502 g/mol. The second-order valence-corrected chi connectivity index (χ2v) is 5.18. The van der Waals surface area contributed by atoms with Gasteiger partial charge in [0, 0.05) is 33.7 Å². The van der Waals surface area contributed by atoms with Gasteiger partial charge in [0.2, 0.25) is 0 Å². The summed E-state index contributed by atoms with van der Waals surface area (Å²) in [5.41, 5.74) is 0. The molecule has 0 nitrogen and oxygen atoms in total. The summed E-state index contributed by atoms with van der Waals surface area (Å²) in [6.45, 7) is 13.9. The molecule has 0 fully saturated rings. The SMILES string of the molecule is C.C.C.C.C=C/C=C\C=C.C=C/C=C\C=C.[B].[B].[B].[B].c1ccccc1.c1ccccc1.c1ccccc1. The van der Waals surface area contributed by atoms with E-state index in [1.54, 1.807) is 24.3 Å². The topological polar surface area (TPSA) is 0 Å². The van der Waals surface area contributed by atoms with Gasteiger partial charge >= 0.3 is 0 Å². The fourth-order valence-electron chi connectivity index (χ4n) is 1.47. The van der Waals surface area contributed by atoms with Crippen molar-refractivity contribution in [2.24, 2.45) is 0 Å². The molecule has 12 radical (unpaired) electrons. The van der Waals surface area contributed by atoms with Crippen LogP contribution in [-0.4, -0.2) is 33.7 Å². The molecule has 0 bridgehead atoms. The lowest BCUT2D eigenvalue weighted by molar-refractivity contribution is 1.72. The van der Waals surface area contributed by atoms with Crippen molar-refractivity contribution in [1.82, 2.24) is 0 Å².